The number of aromatic hydroxyl groups is 1. The number of hydrogen-bond donors (Lipinski definition) is 3. The van der Waals surface area contributed by atoms with Gasteiger partial charge in [0.25, 0.3) is 5.91 Å². The highest BCUT2D eigenvalue weighted by atomic mass is 16.3. The average molecular weight is 532 g/mol. The molecule has 0 spiro atoms. The second kappa shape index (κ2) is 11.3. The quantitative estimate of drug-likeness (QED) is 0.255. The third-order valence-corrected chi connectivity index (χ3v) is 7.78. The van der Waals surface area contributed by atoms with Crippen LogP contribution < -0.4 is 10.2 Å². The number of rotatable bonds is 5. The summed E-state index contributed by atoms with van der Waals surface area (Å²) in [5, 5.41) is 14.8. The molecule has 2 heterocycles. The van der Waals surface area contributed by atoms with E-state index >= 15 is 0 Å². The molecule has 202 valence electrons. The van der Waals surface area contributed by atoms with Crippen LogP contribution in [0.4, 0.5) is 11.4 Å². The Morgan fingerprint density at radius 1 is 1.00 bits per heavy atom. The van der Waals surface area contributed by atoms with Crippen LogP contribution in [0.2, 0.25) is 0 Å². The molecule has 1 aliphatic carbocycles. The lowest BCUT2D eigenvalue weighted by Gasteiger charge is -2.34. The molecule has 0 radical (unpaired) electrons. The van der Waals surface area contributed by atoms with Crippen LogP contribution in [0.15, 0.2) is 77.8 Å². The van der Waals surface area contributed by atoms with E-state index in [0.717, 1.165) is 67.6 Å². The van der Waals surface area contributed by atoms with E-state index in [1.807, 2.05) is 60.7 Å². The highest BCUT2D eigenvalue weighted by Gasteiger charge is 2.20. The zero-order chi connectivity index (χ0) is 27.5. The van der Waals surface area contributed by atoms with Gasteiger partial charge in [-0.25, -0.2) is 4.99 Å². The number of carbonyl (C=O) groups is 1. The van der Waals surface area contributed by atoms with Gasteiger partial charge in [0.15, 0.2) is 5.88 Å². The molecule has 40 heavy (non-hydrogen) atoms. The molecule has 1 saturated heterocycles. The fourth-order valence-corrected chi connectivity index (χ4v) is 5.20. The zero-order valence-electron chi connectivity index (χ0n) is 22.7. The summed E-state index contributed by atoms with van der Waals surface area (Å²) in [6, 6.07) is 24.1. The molecule has 0 atom stereocenters. The first-order chi connectivity index (χ1) is 19.5. The maximum atomic E-state index is 12.1. The lowest BCUT2D eigenvalue weighted by atomic mass is 9.93. The first-order valence-electron chi connectivity index (χ1n) is 13.9. The molecule has 7 heteroatoms. The van der Waals surface area contributed by atoms with Crippen molar-refractivity contribution in [2.45, 2.75) is 25.3 Å². The van der Waals surface area contributed by atoms with Crippen LogP contribution in [0.25, 0.3) is 10.9 Å². The van der Waals surface area contributed by atoms with Crippen molar-refractivity contribution in [2.75, 3.05) is 38.1 Å². The monoisotopic (exact) mass is 531 g/mol. The summed E-state index contributed by atoms with van der Waals surface area (Å²) >= 11 is 0. The number of amides is 1. The van der Waals surface area contributed by atoms with Gasteiger partial charge in [0, 0.05) is 60.3 Å². The van der Waals surface area contributed by atoms with Crippen molar-refractivity contribution in [1.82, 2.24) is 15.2 Å². The number of anilines is 1. The summed E-state index contributed by atoms with van der Waals surface area (Å²) in [7, 11) is 2.16. The van der Waals surface area contributed by atoms with E-state index in [2.05, 4.69) is 51.1 Å². The summed E-state index contributed by atoms with van der Waals surface area (Å²) in [5.41, 5.74) is 5.64. The fraction of sp³-hybridized carbons (Fsp3) is 0.273. The molecular formula is C33H33N5O2. The largest absolute Gasteiger partial charge is 0.494 e. The number of aliphatic imine (C=N–C) groups is 1. The molecule has 0 unspecified atom stereocenters. The normalized spacial score (nSPS) is 16.3. The number of carbonyl (C=O) groups excluding carboxylic acids is 1. The highest BCUT2D eigenvalue weighted by molar-refractivity contribution is 6.22. The van der Waals surface area contributed by atoms with Crippen molar-refractivity contribution in [3.8, 4) is 17.7 Å². The van der Waals surface area contributed by atoms with Crippen molar-refractivity contribution < 1.29 is 9.90 Å². The van der Waals surface area contributed by atoms with Crippen LogP contribution in [-0.4, -0.2) is 65.9 Å². The maximum Gasteiger partial charge on any atom is 0.296 e. The molecule has 6 rings (SSSR count). The SMILES string of the molecule is CN1CCN(c2ccc(N=C(c3ccccc3)c3c(O)[nH]c4cc(C#CC(=O)NC5CCC5)ccc34)cc2)CC1. The van der Waals surface area contributed by atoms with Crippen LogP contribution in [-0.2, 0) is 4.79 Å². The van der Waals surface area contributed by atoms with Gasteiger partial charge in [0.2, 0.25) is 0 Å². The molecule has 3 aromatic carbocycles. The minimum Gasteiger partial charge on any atom is -0.494 e. The van der Waals surface area contributed by atoms with E-state index in [1.165, 1.54) is 5.69 Å². The predicted octanol–water partition coefficient (Wildman–Crippen LogP) is 4.81. The Bertz CT molecular complexity index is 1600. The fourth-order valence-electron chi connectivity index (χ4n) is 5.20. The number of benzene rings is 3. The van der Waals surface area contributed by atoms with Crippen LogP contribution >= 0.6 is 0 Å². The second-order valence-corrected chi connectivity index (χ2v) is 10.6. The van der Waals surface area contributed by atoms with Gasteiger partial charge in [-0.15, -0.1) is 0 Å². The summed E-state index contributed by atoms with van der Waals surface area (Å²) in [5.74, 6) is 5.43. The smallest absolute Gasteiger partial charge is 0.296 e. The van der Waals surface area contributed by atoms with Gasteiger partial charge in [-0.1, -0.05) is 42.3 Å². The van der Waals surface area contributed by atoms with Crippen LogP contribution in [0.5, 0.6) is 5.88 Å². The van der Waals surface area contributed by atoms with Crippen LogP contribution in [0.3, 0.4) is 0 Å². The highest BCUT2D eigenvalue weighted by Crippen LogP contribution is 2.32. The van der Waals surface area contributed by atoms with E-state index in [-0.39, 0.29) is 17.8 Å². The number of likely N-dealkylation sites (N-methyl/N-ethyl adjacent to an activating group) is 1. The van der Waals surface area contributed by atoms with E-state index in [4.69, 9.17) is 4.99 Å². The zero-order valence-corrected chi connectivity index (χ0v) is 22.7. The van der Waals surface area contributed by atoms with Crippen LogP contribution in [0.1, 0.15) is 36.0 Å². The van der Waals surface area contributed by atoms with Crippen molar-refractivity contribution in [3.63, 3.8) is 0 Å². The van der Waals surface area contributed by atoms with Crippen molar-refractivity contribution in [1.29, 1.82) is 0 Å². The van der Waals surface area contributed by atoms with Gasteiger partial charge in [-0.3, -0.25) is 4.79 Å². The third-order valence-electron chi connectivity index (χ3n) is 7.78. The Morgan fingerprint density at radius 3 is 2.45 bits per heavy atom. The minimum absolute atomic E-state index is 0.0412. The molecule has 4 aromatic rings. The first-order valence-corrected chi connectivity index (χ1v) is 13.9. The van der Waals surface area contributed by atoms with Gasteiger partial charge in [0.1, 0.15) is 0 Å². The average Bonchev–Trinajstić information content (AvgIpc) is 3.28. The topological polar surface area (TPSA) is 84.0 Å². The van der Waals surface area contributed by atoms with E-state index in [0.29, 0.717) is 16.8 Å². The minimum atomic E-state index is -0.253. The molecule has 0 bridgehead atoms. The molecule has 1 saturated carbocycles. The second-order valence-electron chi connectivity index (χ2n) is 10.6. The van der Waals surface area contributed by atoms with E-state index < -0.39 is 0 Å². The standard InChI is InChI=1S/C33H33N5O2/c1-37-18-20-38(21-19-37)27-14-12-26(13-15-27)35-32(24-6-3-2-4-7-24)31-28-16-10-23(22-29(28)36-33(31)40)11-17-30(39)34-25-8-5-9-25/h2-4,6-7,10,12-16,22,25,36,40H,5,8-9,18-21H2,1H3,(H,34,39). The Balaban J connectivity index is 1.32. The summed E-state index contributed by atoms with van der Waals surface area (Å²) in [4.78, 5) is 25.0. The number of H-pyrrole nitrogens is 1. The number of aromatic nitrogens is 1. The molecule has 1 amide bonds. The summed E-state index contributed by atoms with van der Waals surface area (Å²) in [6.07, 6.45) is 3.20. The number of hydrogen-bond acceptors (Lipinski definition) is 5. The molecule has 7 nitrogen and oxygen atoms in total. The van der Waals surface area contributed by atoms with Crippen molar-refractivity contribution in [2.24, 2.45) is 4.99 Å². The van der Waals surface area contributed by atoms with Crippen molar-refractivity contribution in [3.05, 3.63) is 89.5 Å². The molecule has 1 aliphatic heterocycles. The number of nitrogens with zero attached hydrogens (tertiary/aromatic N) is 3. The van der Waals surface area contributed by atoms with Gasteiger partial charge < -0.3 is 25.2 Å². The van der Waals surface area contributed by atoms with Gasteiger partial charge in [-0.05, 0) is 62.7 Å². The Labute approximate surface area is 234 Å². The predicted molar refractivity (Wildman–Crippen MR) is 161 cm³/mol. The molecule has 2 fully saturated rings. The maximum absolute atomic E-state index is 12.1. The summed E-state index contributed by atoms with van der Waals surface area (Å²) < 4.78 is 0. The number of nitrogens with one attached hydrogen (secondary N) is 2. The van der Waals surface area contributed by atoms with Gasteiger partial charge >= 0.3 is 0 Å². The van der Waals surface area contributed by atoms with Gasteiger partial charge in [0.05, 0.1) is 22.5 Å². The molecular weight excluding hydrogens is 498 g/mol. The van der Waals surface area contributed by atoms with Crippen molar-refractivity contribution >= 4 is 33.9 Å². The third kappa shape index (κ3) is 5.58. The lowest BCUT2D eigenvalue weighted by Crippen LogP contribution is -2.44. The first kappa shape index (κ1) is 25.7. The van der Waals surface area contributed by atoms with Gasteiger partial charge in [-0.2, -0.15) is 0 Å². The number of fused-ring (bicyclic) bond motifs is 1. The molecule has 3 N–H and O–H groups in total. The Kier molecular flexibility index (Phi) is 7.26. The number of aromatic amines is 1. The van der Waals surface area contributed by atoms with Crippen LogP contribution in [0, 0.1) is 11.8 Å². The van der Waals surface area contributed by atoms with E-state index in [9.17, 15) is 9.90 Å². The Morgan fingerprint density at radius 2 is 1.75 bits per heavy atom. The molecule has 2 aliphatic rings. The Hall–Kier alpha value is -4.54. The summed E-state index contributed by atoms with van der Waals surface area (Å²) in [6.45, 7) is 4.13. The van der Waals surface area contributed by atoms with E-state index in [1.54, 1.807) is 0 Å². The molecule has 1 aromatic heterocycles. The lowest BCUT2D eigenvalue weighted by molar-refractivity contribution is -0.116. The number of piperazine rings is 1.